The predicted molar refractivity (Wildman–Crippen MR) is 56.2 cm³/mol. The van der Waals surface area contributed by atoms with Crippen LogP contribution in [0, 0.1) is 11.7 Å². The van der Waals surface area contributed by atoms with E-state index in [-0.39, 0.29) is 11.9 Å². The predicted octanol–water partition coefficient (Wildman–Crippen LogP) is 0.545. The molecule has 2 unspecified atom stereocenters. The molecule has 1 aliphatic heterocycles. The van der Waals surface area contributed by atoms with Gasteiger partial charge in [0.15, 0.2) is 0 Å². The molecule has 1 fully saturated rings. The Morgan fingerprint density at radius 2 is 2.12 bits per heavy atom. The summed E-state index contributed by atoms with van der Waals surface area (Å²) in [5.74, 6) is -1.54. The van der Waals surface area contributed by atoms with Gasteiger partial charge in [0.25, 0.3) is 0 Å². The van der Waals surface area contributed by atoms with E-state index in [9.17, 15) is 9.18 Å². The molecule has 2 atom stereocenters. The number of carboxylic acids is 1. The number of carbonyl (C=O) groups is 1. The smallest absolute Gasteiger partial charge is 0.309 e. The van der Waals surface area contributed by atoms with E-state index < -0.39 is 11.9 Å². The average Bonchev–Trinajstić information content (AvgIpc) is 2.69. The lowest BCUT2D eigenvalue weighted by Gasteiger charge is -2.14. The van der Waals surface area contributed by atoms with Gasteiger partial charge in [0, 0.05) is 12.6 Å². The third-order valence-electron chi connectivity index (χ3n) is 2.78. The molecule has 1 aromatic rings. The largest absolute Gasteiger partial charge is 0.481 e. The zero-order chi connectivity index (χ0) is 11.5. The Labute approximate surface area is 92.4 Å². The van der Waals surface area contributed by atoms with Crippen LogP contribution < -0.4 is 10.9 Å². The molecule has 0 radical (unpaired) electrons. The van der Waals surface area contributed by atoms with Gasteiger partial charge in [-0.15, -0.1) is 0 Å². The van der Waals surface area contributed by atoms with Crippen LogP contribution in [-0.4, -0.2) is 23.7 Å². The molecular weight excluding hydrogens is 211 g/mol. The van der Waals surface area contributed by atoms with Crippen LogP contribution in [0.4, 0.5) is 4.39 Å². The van der Waals surface area contributed by atoms with E-state index in [1.807, 2.05) is 0 Å². The number of aliphatic carboxylic acids is 1. The SMILES string of the molecule is O=C(O)C1CNNC1Cc1ccc(F)cc1. The van der Waals surface area contributed by atoms with E-state index in [4.69, 9.17) is 5.11 Å². The summed E-state index contributed by atoms with van der Waals surface area (Å²) in [5, 5.41) is 8.97. The van der Waals surface area contributed by atoms with E-state index >= 15 is 0 Å². The molecule has 0 spiro atoms. The van der Waals surface area contributed by atoms with Crippen LogP contribution in [0.3, 0.4) is 0 Å². The van der Waals surface area contributed by atoms with Crippen molar-refractivity contribution in [2.75, 3.05) is 6.54 Å². The molecule has 0 bridgehead atoms. The van der Waals surface area contributed by atoms with Crippen molar-refractivity contribution < 1.29 is 14.3 Å². The molecule has 3 N–H and O–H groups in total. The van der Waals surface area contributed by atoms with E-state index in [1.54, 1.807) is 12.1 Å². The first-order chi connectivity index (χ1) is 7.66. The fourth-order valence-corrected chi connectivity index (χ4v) is 1.87. The second-order valence-electron chi connectivity index (χ2n) is 3.91. The van der Waals surface area contributed by atoms with Gasteiger partial charge in [0.2, 0.25) is 0 Å². The number of benzene rings is 1. The Morgan fingerprint density at radius 3 is 2.75 bits per heavy atom. The van der Waals surface area contributed by atoms with Crippen LogP contribution in [0.2, 0.25) is 0 Å². The molecular formula is C11H13FN2O2. The van der Waals surface area contributed by atoms with Gasteiger partial charge >= 0.3 is 5.97 Å². The van der Waals surface area contributed by atoms with Crippen LogP contribution in [0.15, 0.2) is 24.3 Å². The Hall–Kier alpha value is -1.46. The van der Waals surface area contributed by atoms with Gasteiger partial charge < -0.3 is 5.11 Å². The number of nitrogens with one attached hydrogen (secondary N) is 2. The van der Waals surface area contributed by atoms with Gasteiger partial charge in [0.05, 0.1) is 5.92 Å². The Bertz CT molecular complexity index is 380. The van der Waals surface area contributed by atoms with Crippen molar-refractivity contribution in [2.24, 2.45) is 5.92 Å². The fraction of sp³-hybridized carbons (Fsp3) is 0.364. The summed E-state index contributed by atoms with van der Waals surface area (Å²) < 4.78 is 12.7. The molecule has 0 aliphatic carbocycles. The number of hydrogen-bond acceptors (Lipinski definition) is 3. The molecule has 1 saturated heterocycles. The summed E-state index contributed by atoms with van der Waals surface area (Å²) in [6, 6.07) is 5.96. The van der Waals surface area contributed by atoms with Crippen molar-refractivity contribution >= 4 is 5.97 Å². The van der Waals surface area contributed by atoms with Crippen LogP contribution in [-0.2, 0) is 11.2 Å². The highest BCUT2D eigenvalue weighted by atomic mass is 19.1. The average molecular weight is 224 g/mol. The summed E-state index contributed by atoms with van der Waals surface area (Å²) in [5.41, 5.74) is 6.68. The molecule has 0 aromatic heterocycles. The minimum absolute atomic E-state index is 0.150. The lowest BCUT2D eigenvalue weighted by molar-refractivity contribution is -0.141. The van der Waals surface area contributed by atoms with Crippen LogP contribution in [0.5, 0.6) is 0 Å². The standard InChI is InChI=1S/C11H13FN2O2/c12-8-3-1-7(2-4-8)5-10-9(11(15)16)6-13-14-10/h1-4,9-10,13-14H,5-6H2,(H,15,16). The highest BCUT2D eigenvalue weighted by molar-refractivity contribution is 5.71. The summed E-state index contributed by atoms with van der Waals surface area (Å²) in [6.07, 6.45) is 0.574. The van der Waals surface area contributed by atoms with Crippen molar-refractivity contribution in [2.45, 2.75) is 12.5 Å². The van der Waals surface area contributed by atoms with Crippen molar-refractivity contribution in [3.8, 4) is 0 Å². The van der Waals surface area contributed by atoms with Gasteiger partial charge in [0.1, 0.15) is 5.82 Å². The lowest BCUT2D eigenvalue weighted by Crippen LogP contribution is -2.35. The first-order valence-electron chi connectivity index (χ1n) is 5.12. The topological polar surface area (TPSA) is 61.4 Å². The maximum absolute atomic E-state index is 12.7. The van der Waals surface area contributed by atoms with Gasteiger partial charge in [-0.1, -0.05) is 12.1 Å². The first-order valence-corrected chi connectivity index (χ1v) is 5.12. The molecule has 1 aliphatic rings. The molecule has 4 nitrogen and oxygen atoms in total. The van der Waals surface area contributed by atoms with E-state index in [2.05, 4.69) is 10.9 Å². The third-order valence-corrected chi connectivity index (χ3v) is 2.78. The summed E-state index contributed by atoms with van der Waals surface area (Å²) in [6.45, 7) is 0.418. The molecule has 0 saturated carbocycles. The molecule has 2 rings (SSSR count). The summed E-state index contributed by atoms with van der Waals surface area (Å²) >= 11 is 0. The molecule has 0 amide bonds. The van der Waals surface area contributed by atoms with Crippen molar-refractivity contribution in [1.29, 1.82) is 0 Å². The highest BCUT2D eigenvalue weighted by Crippen LogP contribution is 2.14. The number of rotatable bonds is 3. The van der Waals surface area contributed by atoms with Crippen LogP contribution >= 0.6 is 0 Å². The zero-order valence-electron chi connectivity index (χ0n) is 8.61. The van der Waals surface area contributed by atoms with Crippen LogP contribution in [0.25, 0.3) is 0 Å². The lowest BCUT2D eigenvalue weighted by atomic mass is 9.95. The molecule has 16 heavy (non-hydrogen) atoms. The highest BCUT2D eigenvalue weighted by Gasteiger charge is 2.32. The van der Waals surface area contributed by atoms with E-state index in [0.717, 1.165) is 5.56 Å². The summed E-state index contributed by atoms with van der Waals surface area (Å²) in [4.78, 5) is 10.9. The maximum atomic E-state index is 12.7. The monoisotopic (exact) mass is 224 g/mol. The van der Waals surface area contributed by atoms with Gasteiger partial charge in [-0.05, 0) is 24.1 Å². The second kappa shape index (κ2) is 4.59. The Morgan fingerprint density at radius 1 is 1.44 bits per heavy atom. The Kier molecular flexibility index (Phi) is 3.17. The summed E-state index contributed by atoms with van der Waals surface area (Å²) in [7, 11) is 0. The zero-order valence-corrected chi connectivity index (χ0v) is 8.61. The minimum atomic E-state index is -0.815. The quantitative estimate of drug-likeness (QED) is 0.701. The van der Waals surface area contributed by atoms with Crippen LogP contribution in [0.1, 0.15) is 5.56 Å². The van der Waals surface area contributed by atoms with Crippen molar-refractivity contribution in [3.05, 3.63) is 35.6 Å². The van der Waals surface area contributed by atoms with Crippen molar-refractivity contribution in [1.82, 2.24) is 10.9 Å². The third kappa shape index (κ3) is 2.37. The minimum Gasteiger partial charge on any atom is -0.481 e. The fourth-order valence-electron chi connectivity index (χ4n) is 1.87. The van der Waals surface area contributed by atoms with Gasteiger partial charge in [-0.2, -0.15) is 0 Å². The second-order valence-corrected chi connectivity index (χ2v) is 3.91. The molecule has 1 heterocycles. The number of hydrazine groups is 1. The Balaban J connectivity index is 2.03. The number of halogens is 1. The van der Waals surface area contributed by atoms with Gasteiger partial charge in [-0.3, -0.25) is 15.6 Å². The van der Waals surface area contributed by atoms with E-state index in [0.29, 0.717) is 13.0 Å². The molecule has 5 heteroatoms. The van der Waals surface area contributed by atoms with E-state index in [1.165, 1.54) is 12.1 Å². The molecule has 86 valence electrons. The first kappa shape index (κ1) is 11.0. The molecule has 1 aromatic carbocycles. The number of carboxylic acid groups (broad SMARTS) is 1. The normalized spacial score (nSPS) is 24.6. The maximum Gasteiger partial charge on any atom is 0.309 e. The van der Waals surface area contributed by atoms with Gasteiger partial charge in [-0.25, -0.2) is 4.39 Å². The number of hydrogen-bond donors (Lipinski definition) is 3. The van der Waals surface area contributed by atoms with Crippen molar-refractivity contribution in [3.63, 3.8) is 0 Å².